The lowest BCUT2D eigenvalue weighted by molar-refractivity contribution is -0.154. The minimum atomic E-state index is -4.30. The van der Waals surface area contributed by atoms with Crippen LogP contribution < -0.4 is 5.73 Å². The molecule has 9 nitrogen and oxygen atoms in total. The van der Waals surface area contributed by atoms with E-state index >= 15 is 0 Å². The lowest BCUT2D eigenvalue weighted by atomic mass is 10.0. The van der Waals surface area contributed by atoms with Crippen LogP contribution in [0, 0.1) is 0 Å². The minimum absolute atomic E-state index is 0.0832. The highest BCUT2D eigenvalue weighted by Gasteiger charge is 2.35. The van der Waals surface area contributed by atoms with Crippen molar-refractivity contribution < 1.29 is 37.5 Å². The lowest BCUT2D eigenvalue weighted by Gasteiger charge is -2.20. The highest BCUT2D eigenvalue weighted by atomic mass is 31.2. The molecule has 1 aliphatic rings. The molecule has 0 bridgehead atoms. The molecule has 0 aromatic heterocycles. The Balaban J connectivity index is 2.18. The molecule has 53 heavy (non-hydrogen) atoms. The predicted octanol–water partition coefficient (Wildman–Crippen LogP) is 11.2. The average Bonchev–Trinajstić information content (AvgIpc) is 3.92. The van der Waals surface area contributed by atoms with Gasteiger partial charge in [0.25, 0.3) is 0 Å². The first-order valence-electron chi connectivity index (χ1n) is 20.9. The second-order valence-corrected chi connectivity index (χ2v) is 15.3. The number of hydrogen-bond acceptors (Lipinski definition) is 8. The highest BCUT2D eigenvalue weighted by molar-refractivity contribution is 7.47. The van der Waals surface area contributed by atoms with Gasteiger partial charge in [0.1, 0.15) is 6.10 Å². The van der Waals surface area contributed by atoms with E-state index in [9.17, 15) is 14.3 Å². The number of phosphoric ester groups is 1. The third kappa shape index (κ3) is 33.2. The zero-order valence-corrected chi connectivity index (χ0v) is 34.3. The van der Waals surface area contributed by atoms with Crippen molar-refractivity contribution in [1.82, 2.24) is 0 Å². The molecule has 10 heteroatoms. The van der Waals surface area contributed by atoms with Gasteiger partial charge in [-0.3, -0.25) is 13.8 Å². The van der Waals surface area contributed by atoms with E-state index in [1.54, 1.807) is 0 Å². The first-order valence-corrected chi connectivity index (χ1v) is 22.4. The largest absolute Gasteiger partial charge is 0.472 e. The molecule has 4 unspecified atom stereocenters. The molecule has 1 rings (SSSR count). The summed E-state index contributed by atoms with van der Waals surface area (Å²) in [7, 11) is -4.30. The van der Waals surface area contributed by atoms with Crippen molar-refractivity contribution in [3.8, 4) is 0 Å². The van der Waals surface area contributed by atoms with E-state index in [2.05, 4.69) is 62.5 Å². The molecule has 0 amide bonds. The second-order valence-electron chi connectivity index (χ2n) is 13.9. The van der Waals surface area contributed by atoms with Crippen molar-refractivity contribution in [2.45, 2.75) is 173 Å². The Bertz CT molecular complexity index is 1060. The quantitative estimate of drug-likeness (QED) is 0.0207. The summed E-state index contributed by atoms with van der Waals surface area (Å²) in [5.74, 6) is -0.414. The normalized spacial score (nSPS) is 18.0. The number of carbonyl (C=O) groups excluding carboxylic acids is 1. The monoisotopic (exact) mass is 766 g/mol. The summed E-state index contributed by atoms with van der Waals surface area (Å²) < 4.78 is 38.8. The average molecular weight is 766 g/mol. The number of nitrogens with two attached hydrogens (primary N) is 1. The molecule has 0 saturated carbocycles. The predicted molar refractivity (Wildman–Crippen MR) is 219 cm³/mol. The van der Waals surface area contributed by atoms with Crippen LogP contribution in [0.3, 0.4) is 0 Å². The van der Waals surface area contributed by atoms with Crippen molar-refractivity contribution in [2.75, 3.05) is 33.0 Å². The van der Waals surface area contributed by atoms with Gasteiger partial charge in [0.05, 0.1) is 32.0 Å². The van der Waals surface area contributed by atoms with Gasteiger partial charge in [0, 0.05) is 19.6 Å². The zero-order chi connectivity index (χ0) is 38.5. The summed E-state index contributed by atoms with van der Waals surface area (Å²) >= 11 is 0. The Morgan fingerprint density at radius 1 is 0.679 bits per heavy atom. The molecule has 0 aromatic carbocycles. The van der Waals surface area contributed by atoms with Gasteiger partial charge in [0.15, 0.2) is 0 Å². The van der Waals surface area contributed by atoms with Crippen molar-refractivity contribution in [2.24, 2.45) is 5.73 Å². The third-order valence-electron chi connectivity index (χ3n) is 8.94. The van der Waals surface area contributed by atoms with Crippen LogP contribution in [-0.4, -0.2) is 62.1 Å². The van der Waals surface area contributed by atoms with Gasteiger partial charge in [-0.15, -0.1) is 0 Å². The van der Waals surface area contributed by atoms with Crippen LogP contribution in [0.15, 0.2) is 60.8 Å². The Labute approximate surface area is 323 Å². The number of epoxide rings is 1. The van der Waals surface area contributed by atoms with E-state index < -0.39 is 19.9 Å². The lowest BCUT2D eigenvalue weighted by Crippen LogP contribution is -2.28. The Kier molecular flexibility index (Phi) is 33.3. The van der Waals surface area contributed by atoms with Crippen LogP contribution in [0.2, 0.25) is 0 Å². The number of phosphoric acid groups is 1. The number of unbranched alkanes of at least 4 members (excludes halogenated alkanes) is 13. The van der Waals surface area contributed by atoms with Crippen LogP contribution in [0.4, 0.5) is 0 Å². The van der Waals surface area contributed by atoms with E-state index in [1.807, 2.05) is 12.2 Å². The Morgan fingerprint density at radius 2 is 1.19 bits per heavy atom. The molecular weight excluding hydrogens is 689 g/mol. The van der Waals surface area contributed by atoms with Crippen molar-refractivity contribution in [1.29, 1.82) is 0 Å². The molecule has 1 aliphatic heterocycles. The summed E-state index contributed by atoms with van der Waals surface area (Å²) in [6.07, 6.45) is 45.9. The van der Waals surface area contributed by atoms with Crippen LogP contribution in [0.1, 0.15) is 155 Å². The maximum atomic E-state index is 12.5. The number of carbonyl (C=O) groups is 1. The van der Waals surface area contributed by atoms with Crippen LogP contribution in [0.5, 0.6) is 0 Å². The van der Waals surface area contributed by atoms with Gasteiger partial charge in [-0.1, -0.05) is 158 Å². The number of ether oxygens (including phenoxy) is 3. The van der Waals surface area contributed by atoms with Crippen LogP contribution in [-0.2, 0) is 32.6 Å². The van der Waals surface area contributed by atoms with E-state index in [1.165, 1.54) is 77.0 Å². The minimum Gasteiger partial charge on any atom is -0.457 e. The van der Waals surface area contributed by atoms with Gasteiger partial charge in [0.2, 0.25) is 0 Å². The SMILES string of the molecule is CCCCCCCCCCCCCCCCOCC(COP(=O)(O)OCCN)OC(=O)CC/C=C/C/C=C/C/C=C/C/C=C/C/C=C/CC1OC1CC. The number of allylic oxidation sites excluding steroid dienone is 9. The summed E-state index contributed by atoms with van der Waals surface area (Å²) in [5, 5.41) is 0. The molecule has 3 N–H and O–H groups in total. The smallest absolute Gasteiger partial charge is 0.457 e. The summed E-state index contributed by atoms with van der Waals surface area (Å²) in [5.41, 5.74) is 5.36. The van der Waals surface area contributed by atoms with Gasteiger partial charge >= 0.3 is 13.8 Å². The van der Waals surface area contributed by atoms with Crippen LogP contribution >= 0.6 is 7.82 Å². The molecule has 0 aliphatic carbocycles. The van der Waals surface area contributed by atoms with E-state index in [-0.39, 0.29) is 32.8 Å². The highest BCUT2D eigenvalue weighted by Crippen LogP contribution is 2.43. The summed E-state index contributed by atoms with van der Waals surface area (Å²) in [4.78, 5) is 22.4. The molecular formula is C43H76NO8P. The van der Waals surface area contributed by atoms with Crippen molar-refractivity contribution in [3.05, 3.63) is 60.8 Å². The fourth-order valence-electron chi connectivity index (χ4n) is 5.74. The molecule has 1 saturated heterocycles. The maximum Gasteiger partial charge on any atom is 0.472 e. The van der Waals surface area contributed by atoms with E-state index in [0.717, 1.165) is 51.4 Å². The maximum absolute atomic E-state index is 12.5. The molecule has 1 fully saturated rings. The molecule has 0 spiro atoms. The molecule has 306 valence electrons. The van der Waals surface area contributed by atoms with Crippen molar-refractivity contribution >= 4 is 13.8 Å². The second kappa shape index (κ2) is 35.8. The topological polar surface area (TPSA) is 130 Å². The van der Waals surface area contributed by atoms with Crippen LogP contribution in [0.25, 0.3) is 0 Å². The third-order valence-corrected chi connectivity index (χ3v) is 9.92. The van der Waals surface area contributed by atoms with Gasteiger partial charge in [-0.25, -0.2) is 4.57 Å². The van der Waals surface area contributed by atoms with E-state index in [4.69, 9.17) is 29.0 Å². The molecule has 4 atom stereocenters. The number of hydrogen-bond donors (Lipinski definition) is 2. The summed E-state index contributed by atoms with van der Waals surface area (Å²) in [6, 6.07) is 0. The molecule has 0 radical (unpaired) electrons. The molecule has 0 aromatic rings. The first-order chi connectivity index (χ1) is 25.9. The Hall–Kier alpha value is -1.84. The standard InChI is InChI=1S/C43H76NO8P/c1-3-5-6-7-8-9-10-11-17-20-23-26-29-32-36-48-38-40(39-50-53(46,47)49-37-35-44)51-43(45)34-31-28-25-22-19-16-14-12-13-15-18-21-24-27-30-33-42-41(4-2)52-42/h12-13,16,18-19,21,25,27-28,30,40-42H,3-11,14-15,17,20,22-24,26,29,31-39,44H2,1-2H3,(H,46,47)/b13-12+,19-16+,21-18+,28-25+,30-27+. The fourth-order valence-corrected chi connectivity index (χ4v) is 6.50. The number of rotatable bonds is 38. The van der Waals surface area contributed by atoms with E-state index in [0.29, 0.717) is 25.2 Å². The number of esters is 1. The van der Waals surface area contributed by atoms with Gasteiger partial charge in [-0.05, 0) is 51.4 Å². The van der Waals surface area contributed by atoms with Gasteiger partial charge < -0.3 is 24.8 Å². The van der Waals surface area contributed by atoms with Gasteiger partial charge in [-0.2, -0.15) is 0 Å². The zero-order valence-electron chi connectivity index (χ0n) is 33.4. The Morgan fingerprint density at radius 3 is 1.70 bits per heavy atom. The van der Waals surface area contributed by atoms with Crippen molar-refractivity contribution in [3.63, 3.8) is 0 Å². The first kappa shape index (κ1) is 49.2. The summed E-state index contributed by atoms with van der Waals surface area (Å²) in [6.45, 7) is 4.71. The fraction of sp³-hybridized carbons (Fsp3) is 0.744. The molecule has 1 heterocycles.